The summed E-state index contributed by atoms with van der Waals surface area (Å²) in [4.78, 5) is 23.2. The minimum absolute atomic E-state index is 0.260. The second kappa shape index (κ2) is 9.54. The lowest BCUT2D eigenvalue weighted by Gasteiger charge is -2.21. The Kier molecular flexibility index (Phi) is 6.63. The number of carbonyl (C=O) groups is 1. The van der Waals surface area contributed by atoms with Crippen LogP contribution in [-0.2, 0) is 0 Å². The van der Waals surface area contributed by atoms with Gasteiger partial charge in [-0.05, 0) is 50.2 Å². The average molecular weight is 391 g/mol. The molecule has 1 amide bonds. The number of nitrogens with zero attached hydrogens (tertiary/aromatic N) is 3. The standard InChI is InChI=1S/C22H25N5O2/c1-4-27(5-2)18-12-10-17(11-13-18)25-21(28)16-14-23-22(24-15-16)26-19-8-6-7-9-20(19)29-3/h6-15H,4-5H2,1-3H3,(H,25,28)(H,23,24,26). The van der Waals surface area contributed by atoms with Crippen molar-refractivity contribution in [1.82, 2.24) is 9.97 Å². The monoisotopic (exact) mass is 391 g/mol. The fraction of sp³-hybridized carbons (Fsp3) is 0.227. The summed E-state index contributed by atoms with van der Waals surface area (Å²) in [7, 11) is 1.60. The molecule has 2 aromatic carbocycles. The first-order valence-electron chi connectivity index (χ1n) is 9.53. The highest BCUT2D eigenvalue weighted by molar-refractivity contribution is 6.04. The Morgan fingerprint density at radius 2 is 1.66 bits per heavy atom. The Morgan fingerprint density at radius 1 is 1.00 bits per heavy atom. The Labute approximate surface area is 170 Å². The lowest BCUT2D eigenvalue weighted by Crippen LogP contribution is -2.21. The highest BCUT2D eigenvalue weighted by Crippen LogP contribution is 2.25. The number of nitrogens with one attached hydrogen (secondary N) is 2. The molecule has 0 radical (unpaired) electrons. The van der Waals surface area contributed by atoms with Gasteiger partial charge in [0.15, 0.2) is 0 Å². The van der Waals surface area contributed by atoms with Gasteiger partial charge in [-0.3, -0.25) is 4.79 Å². The summed E-state index contributed by atoms with van der Waals surface area (Å²) in [5, 5.41) is 5.95. The van der Waals surface area contributed by atoms with Crippen molar-refractivity contribution in [1.29, 1.82) is 0 Å². The van der Waals surface area contributed by atoms with Crippen LogP contribution in [0.25, 0.3) is 0 Å². The molecular formula is C22H25N5O2. The summed E-state index contributed by atoms with van der Waals surface area (Å²) >= 11 is 0. The van der Waals surface area contributed by atoms with Gasteiger partial charge in [-0.2, -0.15) is 0 Å². The molecule has 1 heterocycles. The molecule has 150 valence electrons. The van der Waals surface area contributed by atoms with Crippen molar-refractivity contribution >= 4 is 28.9 Å². The van der Waals surface area contributed by atoms with E-state index in [1.807, 2.05) is 48.5 Å². The maximum atomic E-state index is 12.5. The Bertz CT molecular complexity index is 938. The van der Waals surface area contributed by atoms with Gasteiger partial charge in [0.05, 0.1) is 18.4 Å². The second-order valence-corrected chi connectivity index (χ2v) is 6.29. The van der Waals surface area contributed by atoms with Crippen molar-refractivity contribution in [3.63, 3.8) is 0 Å². The van der Waals surface area contributed by atoms with Crippen molar-refractivity contribution in [2.75, 3.05) is 35.7 Å². The molecule has 29 heavy (non-hydrogen) atoms. The van der Waals surface area contributed by atoms with Crippen LogP contribution in [0.1, 0.15) is 24.2 Å². The van der Waals surface area contributed by atoms with Crippen LogP contribution in [0.15, 0.2) is 60.9 Å². The van der Waals surface area contributed by atoms with Crippen molar-refractivity contribution in [3.05, 3.63) is 66.5 Å². The van der Waals surface area contributed by atoms with Gasteiger partial charge in [-0.1, -0.05) is 12.1 Å². The predicted octanol–water partition coefficient (Wildman–Crippen LogP) is 4.33. The average Bonchev–Trinajstić information content (AvgIpc) is 2.76. The van der Waals surface area contributed by atoms with Gasteiger partial charge in [0.25, 0.3) is 5.91 Å². The second-order valence-electron chi connectivity index (χ2n) is 6.29. The van der Waals surface area contributed by atoms with E-state index in [2.05, 4.69) is 39.3 Å². The minimum atomic E-state index is -0.260. The van der Waals surface area contributed by atoms with E-state index in [-0.39, 0.29) is 5.91 Å². The zero-order valence-corrected chi connectivity index (χ0v) is 16.8. The van der Waals surface area contributed by atoms with Crippen LogP contribution >= 0.6 is 0 Å². The normalized spacial score (nSPS) is 10.3. The van der Waals surface area contributed by atoms with Crippen LogP contribution in [-0.4, -0.2) is 36.1 Å². The first-order chi connectivity index (χ1) is 14.1. The SMILES string of the molecule is CCN(CC)c1ccc(NC(=O)c2cnc(Nc3ccccc3OC)nc2)cc1. The molecule has 0 bridgehead atoms. The highest BCUT2D eigenvalue weighted by Gasteiger charge is 2.10. The number of aromatic nitrogens is 2. The summed E-state index contributed by atoms with van der Waals surface area (Å²) < 4.78 is 5.30. The molecule has 0 aliphatic heterocycles. The minimum Gasteiger partial charge on any atom is -0.495 e. The molecule has 0 fully saturated rings. The zero-order valence-electron chi connectivity index (χ0n) is 16.8. The molecule has 0 saturated heterocycles. The molecule has 7 heteroatoms. The van der Waals surface area contributed by atoms with Gasteiger partial charge in [-0.25, -0.2) is 9.97 Å². The van der Waals surface area contributed by atoms with Crippen molar-refractivity contribution in [2.24, 2.45) is 0 Å². The lowest BCUT2D eigenvalue weighted by molar-refractivity contribution is 0.102. The van der Waals surface area contributed by atoms with Gasteiger partial charge in [0.2, 0.25) is 5.95 Å². The number of carbonyl (C=O) groups excluding carboxylic acids is 1. The molecule has 1 aromatic heterocycles. The van der Waals surface area contributed by atoms with Crippen molar-refractivity contribution < 1.29 is 9.53 Å². The van der Waals surface area contributed by atoms with Crippen LogP contribution in [0.2, 0.25) is 0 Å². The van der Waals surface area contributed by atoms with E-state index in [4.69, 9.17) is 4.74 Å². The molecule has 2 N–H and O–H groups in total. The summed E-state index contributed by atoms with van der Waals surface area (Å²) in [5.41, 5.74) is 2.98. The van der Waals surface area contributed by atoms with Crippen LogP contribution < -0.4 is 20.3 Å². The smallest absolute Gasteiger partial charge is 0.258 e. The largest absolute Gasteiger partial charge is 0.495 e. The third kappa shape index (κ3) is 5.01. The maximum Gasteiger partial charge on any atom is 0.258 e. The molecule has 0 aliphatic carbocycles. The molecule has 3 rings (SSSR count). The highest BCUT2D eigenvalue weighted by atomic mass is 16.5. The number of para-hydroxylation sites is 2. The Morgan fingerprint density at radius 3 is 2.28 bits per heavy atom. The lowest BCUT2D eigenvalue weighted by atomic mass is 10.2. The fourth-order valence-electron chi connectivity index (χ4n) is 2.93. The summed E-state index contributed by atoms with van der Waals surface area (Å²) in [6.45, 7) is 6.11. The number of hydrogen-bond donors (Lipinski definition) is 2. The molecule has 7 nitrogen and oxygen atoms in total. The maximum absolute atomic E-state index is 12.5. The summed E-state index contributed by atoms with van der Waals surface area (Å²) in [6.07, 6.45) is 2.98. The first kappa shape index (κ1) is 20.1. The number of ether oxygens (including phenoxy) is 1. The van der Waals surface area contributed by atoms with Crippen LogP contribution in [0.4, 0.5) is 23.0 Å². The topological polar surface area (TPSA) is 79.4 Å². The van der Waals surface area contributed by atoms with Crippen LogP contribution in [0, 0.1) is 0 Å². The van der Waals surface area contributed by atoms with E-state index in [1.54, 1.807) is 7.11 Å². The van der Waals surface area contributed by atoms with Gasteiger partial charge in [0.1, 0.15) is 5.75 Å². The number of amides is 1. The van der Waals surface area contributed by atoms with Gasteiger partial charge >= 0.3 is 0 Å². The van der Waals surface area contributed by atoms with Crippen molar-refractivity contribution in [3.8, 4) is 5.75 Å². The van der Waals surface area contributed by atoms with E-state index >= 15 is 0 Å². The number of methoxy groups -OCH3 is 1. The quantitative estimate of drug-likeness (QED) is 0.595. The molecule has 0 unspecified atom stereocenters. The summed E-state index contributed by atoms with van der Waals surface area (Å²) in [5.74, 6) is 0.810. The van der Waals surface area contributed by atoms with Crippen LogP contribution in [0.5, 0.6) is 5.75 Å². The van der Waals surface area contributed by atoms with Gasteiger partial charge in [-0.15, -0.1) is 0 Å². The Hall–Kier alpha value is -3.61. The predicted molar refractivity (Wildman–Crippen MR) is 116 cm³/mol. The molecule has 0 spiro atoms. The number of hydrogen-bond acceptors (Lipinski definition) is 6. The zero-order chi connectivity index (χ0) is 20.6. The first-order valence-corrected chi connectivity index (χ1v) is 9.53. The molecular weight excluding hydrogens is 366 g/mol. The number of anilines is 4. The van der Waals surface area contributed by atoms with E-state index in [0.717, 1.165) is 30.2 Å². The van der Waals surface area contributed by atoms with E-state index in [0.29, 0.717) is 17.3 Å². The van der Waals surface area contributed by atoms with Crippen molar-refractivity contribution in [2.45, 2.75) is 13.8 Å². The van der Waals surface area contributed by atoms with Gasteiger partial charge < -0.3 is 20.3 Å². The Balaban J connectivity index is 1.64. The van der Waals surface area contributed by atoms with Gasteiger partial charge in [0, 0.05) is 36.9 Å². The molecule has 0 aliphatic rings. The number of rotatable bonds is 8. The molecule has 3 aromatic rings. The third-order valence-electron chi connectivity index (χ3n) is 4.52. The van der Waals surface area contributed by atoms with E-state index < -0.39 is 0 Å². The van der Waals surface area contributed by atoms with E-state index in [9.17, 15) is 4.79 Å². The van der Waals surface area contributed by atoms with E-state index in [1.165, 1.54) is 12.4 Å². The molecule has 0 atom stereocenters. The third-order valence-corrected chi connectivity index (χ3v) is 4.52. The van der Waals surface area contributed by atoms with Crippen LogP contribution in [0.3, 0.4) is 0 Å². The summed E-state index contributed by atoms with van der Waals surface area (Å²) in [6, 6.07) is 15.3. The fourth-order valence-corrected chi connectivity index (χ4v) is 2.93. The molecule has 0 saturated carbocycles. The number of benzene rings is 2.